The van der Waals surface area contributed by atoms with Crippen molar-refractivity contribution in [1.29, 1.82) is 0 Å². The van der Waals surface area contributed by atoms with Crippen molar-refractivity contribution in [2.24, 2.45) is 0 Å². The van der Waals surface area contributed by atoms with Gasteiger partial charge in [-0.2, -0.15) is 5.10 Å². The fraction of sp³-hybridized carbons (Fsp3) is 0.263. The van der Waals surface area contributed by atoms with Crippen LogP contribution in [0.15, 0.2) is 39.2 Å². The van der Waals surface area contributed by atoms with E-state index in [1.165, 1.54) is 5.56 Å². The van der Waals surface area contributed by atoms with E-state index in [-0.39, 0.29) is 0 Å². The zero-order valence-electron chi connectivity index (χ0n) is 14.8. The summed E-state index contributed by atoms with van der Waals surface area (Å²) in [6, 6.07) is 10.1. The molecule has 0 saturated carbocycles. The number of hydrogen-bond acceptors (Lipinski definition) is 5. The molecule has 0 aliphatic rings. The van der Waals surface area contributed by atoms with Gasteiger partial charge in [-0.1, -0.05) is 17.7 Å². The number of aromatic nitrogens is 5. The van der Waals surface area contributed by atoms with Gasteiger partial charge in [-0.15, -0.1) is 10.2 Å². The van der Waals surface area contributed by atoms with Crippen molar-refractivity contribution >= 4 is 26.8 Å². The minimum atomic E-state index is 0.442. The van der Waals surface area contributed by atoms with Gasteiger partial charge in [-0.25, -0.2) is 4.98 Å². The molecule has 0 amide bonds. The van der Waals surface area contributed by atoms with E-state index in [1.54, 1.807) is 0 Å². The van der Waals surface area contributed by atoms with Crippen LogP contribution in [0, 0.1) is 20.8 Å². The molecular weight excluding hydrogens is 394 g/mol. The summed E-state index contributed by atoms with van der Waals surface area (Å²) in [7, 11) is 0. The van der Waals surface area contributed by atoms with E-state index in [1.807, 2.05) is 42.8 Å². The average Bonchev–Trinajstić information content (AvgIpc) is 3.20. The molecule has 0 spiro atoms. The maximum absolute atomic E-state index is 5.80. The van der Waals surface area contributed by atoms with Gasteiger partial charge in [0.15, 0.2) is 0 Å². The molecule has 4 rings (SSSR count). The quantitative estimate of drug-likeness (QED) is 0.497. The number of aryl methyl sites for hydroxylation is 4. The van der Waals surface area contributed by atoms with Crippen molar-refractivity contribution in [1.82, 2.24) is 25.0 Å². The lowest BCUT2D eigenvalue weighted by Gasteiger charge is -2.02. The van der Waals surface area contributed by atoms with Gasteiger partial charge in [0.2, 0.25) is 5.89 Å². The number of hydrogen-bond donors (Lipinski definition) is 0. The molecular formula is C19H18BrN5O. The summed E-state index contributed by atoms with van der Waals surface area (Å²) in [5.41, 5.74) is 4.88. The van der Waals surface area contributed by atoms with Gasteiger partial charge in [0.1, 0.15) is 5.69 Å². The molecule has 0 aliphatic carbocycles. The van der Waals surface area contributed by atoms with E-state index in [0.29, 0.717) is 30.4 Å². The van der Waals surface area contributed by atoms with Crippen molar-refractivity contribution in [2.75, 3.05) is 0 Å². The summed E-state index contributed by atoms with van der Waals surface area (Å²) >= 11 is 3.54. The third-order valence-corrected chi connectivity index (χ3v) is 5.51. The first kappa shape index (κ1) is 16.9. The molecule has 0 bridgehead atoms. The molecule has 0 radical (unpaired) electrons. The van der Waals surface area contributed by atoms with Crippen LogP contribution in [0.25, 0.3) is 22.5 Å². The lowest BCUT2D eigenvalue weighted by molar-refractivity contribution is 0.470. The first-order valence-corrected chi connectivity index (χ1v) is 9.20. The SMILES string of the molecule is Cc1ccc2nc(-c3nnc(CCn4nc(C)c(Br)c4C)o3)ccc2c1. The van der Waals surface area contributed by atoms with Crippen molar-refractivity contribution in [3.05, 3.63) is 57.6 Å². The normalized spacial score (nSPS) is 11.4. The van der Waals surface area contributed by atoms with E-state index in [0.717, 1.165) is 26.8 Å². The van der Waals surface area contributed by atoms with Gasteiger partial charge in [0.05, 0.1) is 15.7 Å². The van der Waals surface area contributed by atoms with Crippen LogP contribution in [0.1, 0.15) is 22.8 Å². The minimum Gasteiger partial charge on any atom is -0.419 e. The highest BCUT2D eigenvalue weighted by Gasteiger charge is 2.13. The maximum Gasteiger partial charge on any atom is 0.266 e. The molecule has 1 aromatic carbocycles. The van der Waals surface area contributed by atoms with Crippen LogP contribution in [0.5, 0.6) is 0 Å². The summed E-state index contributed by atoms with van der Waals surface area (Å²) in [5.74, 6) is 1.02. The molecule has 4 aromatic rings. The molecule has 3 heterocycles. The van der Waals surface area contributed by atoms with Crippen LogP contribution in [0.4, 0.5) is 0 Å². The van der Waals surface area contributed by atoms with Gasteiger partial charge in [-0.3, -0.25) is 4.68 Å². The van der Waals surface area contributed by atoms with E-state index in [2.05, 4.69) is 49.2 Å². The van der Waals surface area contributed by atoms with Gasteiger partial charge < -0.3 is 4.42 Å². The minimum absolute atomic E-state index is 0.442. The smallest absolute Gasteiger partial charge is 0.266 e. The number of halogens is 1. The predicted molar refractivity (Wildman–Crippen MR) is 103 cm³/mol. The van der Waals surface area contributed by atoms with E-state index < -0.39 is 0 Å². The van der Waals surface area contributed by atoms with Crippen LogP contribution in [0.2, 0.25) is 0 Å². The molecule has 3 aromatic heterocycles. The number of fused-ring (bicyclic) bond motifs is 1. The highest BCUT2D eigenvalue weighted by atomic mass is 79.9. The number of rotatable bonds is 4. The van der Waals surface area contributed by atoms with Crippen LogP contribution in [-0.2, 0) is 13.0 Å². The molecule has 7 heteroatoms. The molecule has 132 valence electrons. The molecule has 0 aliphatic heterocycles. The zero-order valence-corrected chi connectivity index (χ0v) is 16.4. The van der Waals surface area contributed by atoms with E-state index in [9.17, 15) is 0 Å². The summed E-state index contributed by atoms with van der Waals surface area (Å²) in [5, 5.41) is 13.9. The third kappa shape index (κ3) is 3.14. The first-order chi connectivity index (χ1) is 12.5. The number of benzene rings is 1. The van der Waals surface area contributed by atoms with Crippen molar-refractivity contribution in [2.45, 2.75) is 33.7 Å². The molecule has 26 heavy (non-hydrogen) atoms. The second-order valence-corrected chi connectivity index (χ2v) is 7.14. The van der Waals surface area contributed by atoms with Crippen molar-refractivity contribution in [3.8, 4) is 11.6 Å². The lowest BCUT2D eigenvalue weighted by Crippen LogP contribution is -2.05. The van der Waals surface area contributed by atoms with Crippen LogP contribution in [-0.4, -0.2) is 25.0 Å². The Morgan fingerprint density at radius 2 is 1.92 bits per heavy atom. The summed E-state index contributed by atoms with van der Waals surface area (Å²) in [4.78, 5) is 4.63. The van der Waals surface area contributed by atoms with E-state index >= 15 is 0 Å². The second-order valence-electron chi connectivity index (χ2n) is 6.35. The lowest BCUT2D eigenvalue weighted by atomic mass is 10.1. The number of pyridine rings is 1. The highest BCUT2D eigenvalue weighted by Crippen LogP contribution is 2.22. The predicted octanol–water partition coefficient (Wildman–Crippen LogP) is 4.41. The topological polar surface area (TPSA) is 69.6 Å². The van der Waals surface area contributed by atoms with Crippen LogP contribution < -0.4 is 0 Å². The molecule has 0 unspecified atom stereocenters. The Labute approximate surface area is 159 Å². The van der Waals surface area contributed by atoms with Crippen LogP contribution in [0.3, 0.4) is 0 Å². The van der Waals surface area contributed by atoms with Gasteiger partial charge in [0, 0.05) is 24.0 Å². The Bertz CT molecular complexity index is 1100. The van der Waals surface area contributed by atoms with Gasteiger partial charge >= 0.3 is 0 Å². The van der Waals surface area contributed by atoms with Crippen LogP contribution >= 0.6 is 15.9 Å². The second kappa shape index (κ2) is 6.64. The summed E-state index contributed by atoms with van der Waals surface area (Å²) < 4.78 is 8.79. The Kier molecular flexibility index (Phi) is 4.32. The van der Waals surface area contributed by atoms with Crippen molar-refractivity contribution in [3.63, 3.8) is 0 Å². The molecule has 0 N–H and O–H groups in total. The van der Waals surface area contributed by atoms with Crippen molar-refractivity contribution < 1.29 is 4.42 Å². The van der Waals surface area contributed by atoms with E-state index in [4.69, 9.17) is 4.42 Å². The Hall–Kier alpha value is -2.54. The monoisotopic (exact) mass is 411 g/mol. The summed E-state index contributed by atoms with van der Waals surface area (Å²) in [6.45, 7) is 6.76. The third-order valence-electron chi connectivity index (χ3n) is 4.36. The molecule has 0 saturated heterocycles. The zero-order chi connectivity index (χ0) is 18.3. The average molecular weight is 412 g/mol. The first-order valence-electron chi connectivity index (χ1n) is 8.41. The molecule has 6 nitrogen and oxygen atoms in total. The highest BCUT2D eigenvalue weighted by molar-refractivity contribution is 9.10. The Morgan fingerprint density at radius 1 is 1.08 bits per heavy atom. The Morgan fingerprint density at radius 3 is 2.69 bits per heavy atom. The fourth-order valence-electron chi connectivity index (χ4n) is 2.92. The molecule has 0 atom stereocenters. The Balaban J connectivity index is 1.54. The van der Waals surface area contributed by atoms with Gasteiger partial charge in [-0.05, 0) is 54.9 Å². The molecule has 0 fully saturated rings. The van der Waals surface area contributed by atoms with Gasteiger partial charge in [0.25, 0.3) is 5.89 Å². The maximum atomic E-state index is 5.80. The standard InChI is InChI=1S/C19H18BrN5O/c1-11-4-6-15-14(10-11)5-7-16(21-15)19-23-22-17(26-19)8-9-25-13(3)18(20)12(2)24-25/h4-7,10H,8-9H2,1-3H3. The summed E-state index contributed by atoms with van der Waals surface area (Å²) in [6.07, 6.45) is 0.619. The fourth-order valence-corrected chi connectivity index (χ4v) is 3.20. The number of nitrogens with zero attached hydrogens (tertiary/aromatic N) is 5. The largest absolute Gasteiger partial charge is 0.419 e.